The Kier molecular flexibility index (Phi) is 15.5. The molecule has 8 rings (SSSR count). The summed E-state index contributed by atoms with van der Waals surface area (Å²) in [5.74, 6) is -2.38. The van der Waals surface area contributed by atoms with Crippen molar-refractivity contribution in [3.8, 4) is 0 Å². The first-order chi connectivity index (χ1) is 31.4. The van der Waals surface area contributed by atoms with E-state index in [4.69, 9.17) is 14.5 Å². The Morgan fingerprint density at radius 3 is 2.30 bits per heavy atom. The molecule has 3 fully saturated rings. The standard InChI is InChI=1S/C46H53F3N8O8.CH4/c47-46(48,49)32-4-1-3-31(26-32)41(60)53-45-51-36-25-30(9-12-37(36)56(45)33-10-7-29(28-58)8-11-33)27-55-18-16-54(17-19-55)20-22-65-24-23-64-21-15-50-35-6-2-5-34-40(35)44(63)57(43(34)62)38-13-14-39(59)52-42(38)61;/h1-6,9,12,25-26,29,33,38,50,58H,7-8,10-11,13-24,27-28H2,(H,51,53,60)(H,52,59,61);1H4. The lowest BCUT2D eigenvalue weighted by atomic mass is 9.86. The lowest BCUT2D eigenvalue weighted by Gasteiger charge is -2.34. The molecule has 16 nitrogen and oxygen atoms in total. The summed E-state index contributed by atoms with van der Waals surface area (Å²) in [5, 5.41) is 17.9. The van der Waals surface area contributed by atoms with Crippen molar-refractivity contribution in [3.05, 3.63) is 88.5 Å². The molecule has 0 spiro atoms. The maximum absolute atomic E-state index is 13.4. The van der Waals surface area contributed by atoms with Crippen LogP contribution in [0.4, 0.5) is 24.8 Å². The third kappa shape index (κ3) is 10.9. The number of piperazine rings is 1. The summed E-state index contributed by atoms with van der Waals surface area (Å²) in [7, 11) is 0. The van der Waals surface area contributed by atoms with E-state index >= 15 is 0 Å². The van der Waals surface area contributed by atoms with Crippen LogP contribution in [0.25, 0.3) is 11.0 Å². The maximum Gasteiger partial charge on any atom is 0.416 e. The molecule has 66 heavy (non-hydrogen) atoms. The summed E-state index contributed by atoms with van der Waals surface area (Å²) < 4.78 is 53.8. The molecule has 4 aromatic rings. The van der Waals surface area contributed by atoms with E-state index in [1.54, 1.807) is 18.2 Å². The molecule has 3 aromatic carbocycles. The quantitative estimate of drug-likeness (QED) is 0.0789. The Morgan fingerprint density at radius 1 is 0.848 bits per heavy atom. The van der Waals surface area contributed by atoms with Gasteiger partial charge >= 0.3 is 6.18 Å². The first kappa shape index (κ1) is 48.2. The van der Waals surface area contributed by atoms with Crippen molar-refractivity contribution in [2.24, 2.45) is 5.92 Å². The van der Waals surface area contributed by atoms with Gasteiger partial charge in [0.2, 0.25) is 17.8 Å². The number of amides is 5. The molecule has 4 heterocycles. The summed E-state index contributed by atoms with van der Waals surface area (Å²) in [4.78, 5) is 74.2. The van der Waals surface area contributed by atoms with Gasteiger partial charge < -0.3 is 24.5 Å². The van der Waals surface area contributed by atoms with Crippen molar-refractivity contribution in [1.29, 1.82) is 0 Å². The van der Waals surface area contributed by atoms with E-state index in [9.17, 15) is 42.3 Å². The number of nitrogens with one attached hydrogen (secondary N) is 3. The van der Waals surface area contributed by atoms with Crippen LogP contribution in [0.1, 0.15) is 94.2 Å². The van der Waals surface area contributed by atoms with E-state index in [1.807, 2.05) is 16.7 Å². The number of hydrogen-bond donors (Lipinski definition) is 4. The molecular weight excluding hydrogens is 862 g/mol. The summed E-state index contributed by atoms with van der Waals surface area (Å²) >= 11 is 0. The number of aromatic nitrogens is 2. The highest BCUT2D eigenvalue weighted by molar-refractivity contribution is 6.25. The largest absolute Gasteiger partial charge is 0.416 e. The molecule has 1 saturated carbocycles. The van der Waals surface area contributed by atoms with Gasteiger partial charge in [0.15, 0.2) is 0 Å². The number of aliphatic hydroxyl groups excluding tert-OH is 1. The van der Waals surface area contributed by atoms with Gasteiger partial charge in [0.05, 0.1) is 54.2 Å². The lowest BCUT2D eigenvalue weighted by Crippen LogP contribution is -2.54. The topological polar surface area (TPSA) is 188 Å². The van der Waals surface area contributed by atoms with E-state index in [0.29, 0.717) is 56.7 Å². The van der Waals surface area contributed by atoms with Crippen molar-refractivity contribution >= 4 is 52.2 Å². The molecule has 1 aromatic heterocycles. The molecule has 1 atom stereocenters. The van der Waals surface area contributed by atoms with Crippen LogP contribution >= 0.6 is 0 Å². The Hall–Kier alpha value is -5.73. The number of carbonyl (C=O) groups is 5. The number of imidazole rings is 1. The second-order valence-electron chi connectivity index (χ2n) is 17.0. The predicted molar refractivity (Wildman–Crippen MR) is 239 cm³/mol. The molecule has 354 valence electrons. The normalized spacial score (nSPS) is 20.6. The third-order valence-electron chi connectivity index (χ3n) is 12.7. The number of aliphatic hydroxyl groups is 1. The Morgan fingerprint density at radius 2 is 1.58 bits per heavy atom. The fourth-order valence-electron chi connectivity index (χ4n) is 9.16. The Labute approximate surface area is 380 Å². The summed E-state index contributed by atoms with van der Waals surface area (Å²) in [5.41, 5.74) is 2.45. The van der Waals surface area contributed by atoms with E-state index in [2.05, 4.69) is 31.8 Å². The zero-order valence-electron chi connectivity index (χ0n) is 35.9. The SMILES string of the molecule is C.O=C1CCC(N2C(=O)c3cccc(NCCOCCOCCN4CCN(Cc5ccc6c(c5)nc(NC(=O)c5cccc(C(F)(F)F)c5)n6C5CCC(CO)CC5)CC4)c3C2=O)C(=O)N1. The first-order valence-electron chi connectivity index (χ1n) is 22.2. The highest BCUT2D eigenvalue weighted by atomic mass is 19.4. The first-order valence-corrected chi connectivity index (χ1v) is 22.2. The predicted octanol–water partition coefficient (Wildman–Crippen LogP) is 5.33. The van der Waals surface area contributed by atoms with Gasteiger partial charge in [-0.1, -0.05) is 25.6 Å². The second kappa shape index (κ2) is 21.3. The minimum absolute atomic E-state index is 0. The average molecular weight is 919 g/mol. The van der Waals surface area contributed by atoms with E-state index in [-0.39, 0.29) is 55.5 Å². The molecule has 19 heteroatoms. The van der Waals surface area contributed by atoms with Crippen LogP contribution in [0.2, 0.25) is 0 Å². The van der Waals surface area contributed by atoms with E-state index in [1.165, 1.54) is 12.1 Å². The zero-order chi connectivity index (χ0) is 45.7. The van der Waals surface area contributed by atoms with Gasteiger partial charge in [0.1, 0.15) is 6.04 Å². The number of rotatable bonds is 17. The van der Waals surface area contributed by atoms with E-state index < -0.39 is 47.3 Å². The second-order valence-corrected chi connectivity index (χ2v) is 17.0. The number of fused-ring (bicyclic) bond motifs is 2. The van der Waals surface area contributed by atoms with Crippen molar-refractivity contribution < 1.29 is 51.7 Å². The molecule has 0 bridgehead atoms. The summed E-state index contributed by atoms with van der Waals surface area (Å²) in [6, 6.07) is 14.3. The maximum atomic E-state index is 13.4. The minimum atomic E-state index is -4.58. The molecule has 3 aliphatic heterocycles. The minimum Gasteiger partial charge on any atom is -0.396 e. The van der Waals surface area contributed by atoms with Crippen LogP contribution in [0.15, 0.2) is 60.7 Å². The Balaban J connectivity index is 0.00000648. The lowest BCUT2D eigenvalue weighted by molar-refractivity contribution is -0.138. The smallest absolute Gasteiger partial charge is 0.396 e. The van der Waals surface area contributed by atoms with Gasteiger partial charge in [0.25, 0.3) is 17.7 Å². The monoisotopic (exact) mass is 918 g/mol. The molecular formula is C47H57F3N8O8. The number of piperidine rings is 1. The van der Waals surface area contributed by atoms with Crippen molar-refractivity contribution in [2.45, 2.75) is 70.8 Å². The van der Waals surface area contributed by atoms with Crippen LogP contribution < -0.4 is 16.0 Å². The van der Waals surface area contributed by atoms with Crippen molar-refractivity contribution in [1.82, 2.24) is 29.6 Å². The average Bonchev–Trinajstić information content (AvgIpc) is 3.78. The molecule has 5 amide bonds. The number of halogens is 3. The highest BCUT2D eigenvalue weighted by Crippen LogP contribution is 2.38. The van der Waals surface area contributed by atoms with Gasteiger partial charge in [-0.05, 0) is 86.1 Å². The van der Waals surface area contributed by atoms with Crippen LogP contribution in [0.5, 0.6) is 0 Å². The fourth-order valence-corrected chi connectivity index (χ4v) is 9.16. The van der Waals surface area contributed by atoms with Crippen LogP contribution in [-0.2, 0) is 31.8 Å². The van der Waals surface area contributed by atoms with Crippen LogP contribution in [0.3, 0.4) is 0 Å². The summed E-state index contributed by atoms with van der Waals surface area (Å²) in [6.07, 6.45) is -1.26. The van der Waals surface area contributed by atoms with Gasteiger partial charge in [0, 0.05) is 76.1 Å². The van der Waals surface area contributed by atoms with Gasteiger partial charge in [-0.3, -0.25) is 49.3 Å². The molecule has 2 saturated heterocycles. The number of imide groups is 2. The zero-order valence-corrected chi connectivity index (χ0v) is 35.9. The van der Waals surface area contributed by atoms with Crippen molar-refractivity contribution in [2.75, 3.05) is 82.9 Å². The van der Waals surface area contributed by atoms with Crippen molar-refractivity contribution in [3.63, 3.8) is 0 Å². The highest BCUT2D eigenvalue weighted by Gasteiger charge is 2.45. The molecule has 1 unspecified atom stereocenters. The number of nitrogens with zero attached hydrogens (tertiary/aromatic N) is 5. The van der Waals surface area contributed by atoms with Gasteiger partial charge in [-0.25, -0.2) is 4.98 Å². The third-order valence-corrected chi connectivity index (χ3v) is 12.7. The molecule has 4 aliphatic rings. The number of benzene rings is 3. The summed E-state index contributed by atoms with van der Waals surface area (Å²) in [6.45, 7) is 7.08. The number of alkyl halides is 3. The van der Waals surface area contributed by atoms with Crippen LogP contribution in [0, 0.1) is 5.92 Å². The number of ether oxygens (including phenoxy) is 2. The fraction of sp³-hybridized carbons (Fsp3) is 0.489. The number of carbonyl (C=O) groups excluding carboxylic acids is 5. The number of hydrogen-bond acceptors (Lipinski definition) is 12. The Bertz CT molecular complexity index is 2410. The van der Waals surface area contributed by atoms with E-state index in [0.717, 1.165) is 86.5 Å². The molecule has 1 aliphatic carbocycles. The molecule has 4 N–H and O–H groups in total. The van der Waals surface area contributed by atoms with Gasteiger partial charge in [-0.15, -0.1) is 0 Å². The van der Waals surface area contributed by atoms with Gasteiger partial charge in [-0.2, -0.15) is 13.2 Å². The number of anilines is 2. The molecule has 0 radical (unpaired) electrons. The van der Waals surface area contributed by atoms with Crippen LogP contribution in [-0.4, -0.2) is 137 Å².